The van der Waals surface area contributed by atoms with Crippen LogP contribution >= 0.6 is 11.3 Å². The molecule has 132 valence electrons. The Morgan fingerprint density at radius 3 is 2.52 bits per heavy atom. The number of nitrogens with one attached hydrogen (secondary N) is 2. The molecule has 7 nitrogen and oxygen atoms in total. The lowest BCUT2D eigenvalue weighted by atomic mass is 10.1. The quantitative estimate of drug-likeness (QED) is 0.545. The van der Waals surface area contributed by atoms with Gasteiger partial charge in [-0.05, 0) is 37.1 Å². The zero-order valence-electron chi connectivity index (χ0n) is 14.7. The molecule has 0 spiro atoms. The number of pyridine rings is 1. The van der Waals surface area contributed by atoms with E-state index in [1.807, 2.05) is 12.1 Å². The van der Waals surface area contributed by atoms with E-state index in [4.69, 9.17) is 5.26 Å². The molecule has 0 aliphatic rings. The summed E-state index contributed by atoms with van der Waals surface area (Å²) in [5.74, 6) is 0.595. The molecular weight excluding hydrogens is 358 g/mol. The van der Waals surface area contributed by atoms with Crippen LogP contribution in [0.25, 0.3) is 10.3 Å². The Balaban J connectivity index is 1.66. The first-order valence-corrected chi connectivity index (χ1v) is 9.03. The number of nitrogens with zero attached hydrogens (tertiary/aromatic N) is 5. The normalized spacial score (nSPS) is 10.6. The van der Waals surface area contributed by atoms with Gasteiger partial charge in [0.1, 0.15) is 23.6 Å². The van der Waals surface area contributed by atoms with E-state index >= 15 is 0 Å². The highest BCUT2D eigenvalue weighted by Crippen LogP contribution is 2.32. The Kier molecular flexibility index (Phi) is 4.36. The smallest absolute Gasteiger partial charge is 0.189 e. The van der Waals surface area contributed by atoms with Gasteiger partial charge in [0.25, 0.3) is 0 Å². The Morgan fingerprint density at radius 2 is 1.81 bits per heavy atom. The molecule has 3 aromatic heterocycles. The molecule has 0 fully saturated rings. The average Bonchev–Trinajstić information content (AvgIpc) is 3.09. The van der Waals surface area contributed by atoms with Gasteiger partial charge < -0.3 is 10.6 Å². The van der Waals surface area contributed by atoms with Crippen molar-refractivity contribution in [2.24, 2.45) is 0 Å². The molecule has 0 aliphatic carbocycles. The molecule has 8 heteroatoms. The first-order chi connectivity index (χ1) is 13.1. The number of nitriles is 1. The van der Waals surface area contributed by atoms with Crippen molar-refractivity contribution in [2.45, 2.75) is 13.8 Å². The number of rotatable bonds is 4. The fourth-order valence-corrected chi connectivity index (χ4v) is 3.50. The Morgan fingerprint density at radius 1 is 1.00 bits per heavy atom. The molecule has 0 saturated carbocycles. The summed E-state index contributed by atoms with van der Waals surface area (Å²) in [7, 11) is 0. The molecule has 0 unspecified atom stereocenters. The van der Waals surface area contributed by atoms with E-state index in [2.05, 4.69) is 56.5 Å². The topological polar surface area (TPSA) is 99.4 Å². The highest BCUT2D eigenvalue weighted by Gasteiger charge is 2.12. The van der Waals surface area contributed by atoms with Crippen molar-refractivity contribution in [2.75, 3.05) is 10.6 Å². The predicted molar refractivity (Wildman–Crippen MR) is 107 cm³/mol. The second-order valence-electron chi connectivity index (χ2n) is 5.96. The summed E-state index contributed by atoms with van der Waals surface area (Å²) in [6.45, 7) is 4.13. The van der Waals surface area contributed by atoms with E-state index in [1.54, 1.807) is 18.3 Å². The number of hydrogen-bond acceptors (Lipinski definition) is 8. The number of benzene rings is 1. The number of thiazole rings is 1. The third-order valence-corrected chi connectivity index (χ3v) is 4.93. The zero-order valence-corrected chi connectivity index (χ0v) is 15.5. The van der Waals surface area contributed by atoms with Gasteiger partial charge in [0, 0.05) is 5.69 Å². The van der Waals surface area contributed by atoms with Gasteiger partial charge in [-0.15, -0.1) is 0 Å². The second kappa shape index (κ2) is 6.97. The predicted octanol–water partition coefficient (Wildman–Crippen LogP) is 4.46. The fraction of sp³-hybridized carbons (Fsp3) is 0.105. The van der Waals surface area contributed by atoms with Crippen LogP contribution in [0.2, 0.25) is 0 Å². The van der Waals surface area contributed by atoms with Gasteiger partial charge in [-0.3, -0.25) is 0 Å². The Bertz CT molecular complexity index is 1140. The van der Waals surface area contributed by atoms with Gasteiger partial charge in [-0.1, -0.05) is 29.5 Å². The van der Waals surface area contributed by atoms with Crippen LogP contribution in [0.15, 0.2) is 42.9 Å². The molecule has 0 bridgehead atoms. The minimum atomic E-state index is 0.363. The SMILES string of the molecule is Cc1cccc(C)c1Nc1nc2c(Nc3ccc(C#N)nc3)ncnc2s1. The molecule has 2 N–H and O–H groups in total. The van der Waals surface area contributed by atoms with Crippen molar-refractivity contribution in [3.05, 3.63) is 59.7 Å². The maximum Gasteiger partial charge on any atom is 0.189 e. The van der Waals surface area contributed by atoms with Crippen molar-refractivity contribution in [1.82, 2.24) is 19.9 Å². The van der Waals surface area contributed by atoms with E-state index in [1.165, 1.54) is 17.7 Å². The molecule has 0 amide bonds. The maximum absolute atomic E-state index is 8.85. The molecule has 4 rings (SSSR count). The number of aryl methyl sites for hydroxylation is 2. The molecule has 0 radical (unpaired) electrons. The van der Waals surface area contributed by atoms with Crippen molar-refractivity contribution in [1.29, 1.82) is 5.26 Å². The van der Waals surface area contributed by atoms with Crippen molar-refractivity contribution >= 4 is 44.0 Å². The summed E-state index contributed by atoms with van der Waals surface area (Å²) in [6, 6.07) is 11.6. The molecule has 27 heavy (non-hydrogen) atoms. The summed E-state index contributed by atoms with van der Waals surface area (Å²) in [6.07, 6.45) is 3.09. The van der Waals surface area contributed by atoms with Crippen molar-refractivity contribution < 1.29 is 0 Å². The fourth-order valence-electron chi connectivity index (χ4n) is 2.69. The van der Waals surface area contributed by atoms with Gasteiger partial charge >= 0.3 is 0 Å². The number of fused-ring (bicyclic) bond motifs is 1. The van der Waals surface area contributed by atoms with E-state index in [-0.39, 0.29) is 0 Å². The number of para-hydroxylation sites is 1. The van der Waals surface area contributed by atoms with Gasteiger partial charge in [0.15, 0.2) is 15.8 Å². The lowest BCUT2D eigenvalue weighted by molar-refractivity contribution is 1.20. The molecule has 4 aromatic rings. The number of aromatic nitrogens is 4. The van der Waals surface area contributed by atoms with Crippen molar-refractivity contribution in [3.8, 4) is 6.07 Å². The summed E-state index contributed by atoms with van der Waals surface area (Å²) in [5.41, 5.74) is 5.13. The molecular formula is C19H15N7S. The second-order valence-corrected chi connectivity index (χ2v) is 6.93. The first-order valence-electron chi connectivity index (χ1n) is 8.22. The minimum Gasteiger partial charge on any atom is -0.337 e. The summed E-state index contributed by atoms with van der Waals surface area (Å²) >= 11 is 1.47. The van der Waals surface area contributed by atoms with Crippen LogP contribution in [-0.4, -0.2) is 19.9 Å². The summed E-state index contributed by atoms with van der Waals surface area (Å²) in [5, 5.41) is 16.2. The molecule has 0 atom stereocenters. The largest absolute Gasteiger partial charge is 0.337 e. The van der Waals surface area contributed by atoms with Gasteiger partial charge in [-0.2, -0.15) is 5.26 Å². The minimum absolute atomic E-state index is 0.363. The van der Waals surface area contributed by atoms with Crippen molar-refractivity contribution in [3.63, 3.8) is 0 Å². The highest BCUT2D eigenvalue weighted by molar-refractivity contribution is 7.21. The number of anilines is 4. The molecule has 0 aliphatic heterocycles. The van der Waals surface area contributed by atoms with E-state index in [9.17, 15) is 0 Å². The van der Waals surface area contributed by atoms with Gasteiger partial charge in [-0.25, -0.2) is 19.9 Å². The number of hydrogen-bond donors (Lipinski definition) is 2. The van der Waals surface area contributed by atoms with Gasteiger partial charge in [0.2, 0.25) is 0 Å². The van der Waals surface area contributed by atoms with Crippen LogP contribution in [0.4, 0.5) is 22.3 Å². The first kappa shape index (κ1) is 16.9. The van der Waals surface area contributed by atoms with E-state index < -0.39 is 0 Å². The molecule has 3 heterocycles. The van der Waals surface area contributed by atoms with E-state index in [0.29, 0.717) is 17.0 Å². The molecule has 1 aromatic carbocycles. The Hall–Kier alpha value is -3.57. The van der Waals surface area contributed by atoms with Crippen LogP contribution < -0.4 is 10.6 Å². The van der Waals surface area contributed by atoms with Crippen LogP contribution in [0, 0.1) is 25.2 Å². The summed E-state index contributed by atoms with van der Waals surface area (Å²) in [4.78, 5) is 18.1. The third-order valence-electron chi connectivity index (χ3n) is 4.05. The zero-order chi connectivity index (χ0) is 18.8. The van der Waals surface area contributed by atoms with Crippen LogP contribution in [0.5, 0.6) is 0 Å². The van der Waals surface area contributed by atoms with E-state index in [0.717, 1.165) is 32.5 Å². The van der Waals surface area contributed by atoms with Gasteiger partial charge in [0.05, 0.1) is 11.9 Å². The average molecular weight is 373 g/mol. The van der Waals surface area contributed by atoms with Crippen LogP contribution in [-0.2, 0) is 0 Å². The maximum atomic E-state index is 8.85. The monoisotopic (exact) mass is 373 g/mol. The standard InChI is InChI=1S/C19H15N7S/c1-11-4-3-5-12(2)15(11)25-19-26-16-17(22-10-23-18(16)27-19)24-14-7-6-13(8-20)21-9-14/h3-7,9-10H,1-2H3,(H,25,26)(H,22,23,24). The Labute approximate surface area is 159 Å². The van der Waals surface area contributed by atoms with Crippen LogP contribution in [0.1, 0.15) is 16.8 Å². The lowest BCUT2D eigenvalue weighted by Crippen LogP contribution is -1.97. The van der Waals surface area contributed by atoms with Crippen LogP contribution in [0.3, 0.4) is 0 Å². The third kappa shape index (κ3) is 3.41. The molecule has 0 saturated heterocycles. The summed E-state index contributed by atoms with van der Waals surface area (Å²) < 4.78 is 0. The lowest BCUT2D eigenvalue weighted by Gasteiger charge is -2.09. The highest BCUT2D eigenvalue weighted by atomic mass is 32.1.